The topological polar surface area (TPSA) is 59.1 Å². The average Bonchev–Trinajstić information content (AvgIpc) is 2.79. The number of rotatable bonds is 7. The molecule has 0 bridgehead atoms. The number of aromatic nitrogens is 2. The highest BCUT2D eigenvalue weighted by atomic mass is 35.5. The van der Waals surface area contributed by atoms with E-state index in [0.29, 0.717) is 28.1 Å². The molecule has 5 nitrogen and oxygen atoms in total. The molecule has 4 rings (SSSR count). The van der Waals surface area contributed by atoms with Crippen LogP contribution in [0.4, 0.5) is 24.8 Å². The van der Waals surface area contributed by atoms with Crippen molar-refractivity contribution < 1.29 is 17.9 Å². The Kier molecular flexibility index (Phi) is 7.23. The van der Waals surface area contributed by atoms with Gasteiger partial charge in [-0.05, 0) is 48.7 Å². The number of anilines is 2. The van der Waals surface area contributed by atoms with Gasteiger partial charge in [-0.3, -0.25) is 0 Å². The monoisotopic (exact) mass is 476 g/mol. The highest BCUT2D eigenvalue weighted by Crippen LogP contribution is 2.30. The lowest BCUT2D eigenvalue weighted by Gasteiger charge is -2.23. The number of hydrogen-bond donors (Lipinski definition) is 2. The quantitative estimate of drug-likeness (QED) is 0.382. The number of halogens is 4. The van der Waals surface area contributed by atoms with E-state index in [9.17, 15) is 13.2 Å². The van der Waals surface area contributed by atoms with Crippen molar-refractivity contribution in [2.75, 3.05) is 10.6 Å². The van der Waals surface area contributed by atoms with E-state index in [1.807, 2.05) is 18.2 Å². The zero-order chi connectivity index (χ0) is 23.3. The summed E-state index contributed by atoms with van der Waals surface area (Å²) in [6.07, 6.45) is 2.88. The molecular formula is C24H24ClF3N4O. The Hall–Kier alpha value is -3.00. The normalized spacial score (nSPS) is 14.7. The van der Waals surface area contributed by atoms with Gasteiger partial charge in [0.15, 0.2) is 0 Å². The molecule has 2 aromatic heterocycles. The Morgan fingerprint density at radius 1 is 1.00 bits per heavy atom. The van der Waals surface area contributed by atoms with Crippen molar-refractivity contribution in [3.63, 3.8) is 0 Å². The molecule has 0 atom stereocenters. The SMILES string of the molecule is FC(F)(F)Oc1cccc(CNc2cccc(-c3cc(NC4CCCCC4)ncc3Cl)n2)c1. The first kappa shape index (κ1) is 23.2. The van der Waals surface area contributed by atoms with Gasteiger partial charge in [0, 0.05) is 24.3 Å². The molecule has 1 aliphatic rings. The summed E-state index contributed by atoms with van der Waals surface area (Å²) < 4.78 is 41.3. The second kappa shape index (κ2) is 10.3. The minimum Gasteiger partial charge on any atom is -0.406 e. The lowest BCUT2D eigenvalue weighted by Crippen LogP contribution is -2.22. The van der Waals surface area contributed by atoms with Crippen molar-refractivity contribution in [1.82, 2.24) is 9.97 Å². The van der Waals surface area contributed by atoms with Gasteiger partial charge in [-0.1, -0.05) is 49.1 Å². The van der Waals surface area contributed by atoms with Crippen molar-refractivity contribution in [3.8, 4) is 17.0 Å². The number of benzene rings is 1. The van der Waals surface area contributed by atoms with Crippen molar-refractivity contribution in [2.45, 2.75) is 51.1 Å². The van der Waals surface area contributed by atoms with E-state index in [1.54, 1.807) is 18.3 Å². The van der Waals surface area contributed by atoms with Crippen LogP contribution in [0, 0.1) is 0 Å². The molecule has 174 valence electrons. The van der Waals surface area contributed by atoms with Gasteiger partial charge in [0.25, 0.3) is 0 Å². The summed E-state index contributed by atoms with van der Waals surface area (Å²) in [5, 5.41) is 7.13. The maximum absolute atomic E-state index is 12.5. The van der Waals surface area contributed by atoms with Gasteiger partial charge in [-0.2, -0.15) is 0 Å². The van der Waals surface area contributed by atoms with Crippen molar-refractivity contribution in [1.29, 1.82) is 0 Å². The van der Waals surface area contributed by atoms with E-state index in [0.717, 1.165) is 24.2 Å². The summed E-state index contributed by atoms with van der Waals surface area (Å²) in [6, 6.07) is 13.6. The molecule has 2 heterocycles. The standard InChI is InChI=1S/C24H24ClF3N4O/c25-20-15-30-23(31-17-7-2-1-3-8-17)13-19(20)21-10-5-11-22(32-21)29-14-16-6-4-9-18(12-16)33-24(26,27)28/h4-6,9-13,15,17H,1-3,7-8,14H2,(H,29,32)(H,30,31). The third-order valence-electron chi connectivity index (χ3n) is 5.44. The third kappa shape index (κ3) is 6.74. The van der Waals surface area contributed by atoms with Crippen LogP contribution in [0.3, 0.4) is 0 Å². The predicted octanol–water partition coefficient (Wildman–Crippen LogP) is 7.05. The zero-order valence-corrected chi connectivity index (χ0v) is 18.6. The van der Waals surface area contributed by atoms with Gasteiger partial charge in [0.2, 0.25) is 0 Å². The van der Waals surface area contributed by atoms with E-state index in [1.165, 1.54) is 37.5 Å². The highest BCUT2D eigenvalue weighted by Gasteiger charge is 2.31. The molecule has 9 heteroatoms. The summed E-state index contributed by atoms with van der Waals surface area (Å²) in [5.41, 5.74) is 2.06. The van der Waals surface area contributed by atoms with Crippen LogP contribution in [0.1, 0.15) is 37.7 Å². The summed E-state index contributed by atoms with van der Waals surface area (Å²) in [4.78, 5) is 9.04. The maximum Gasteiger partial charge on any atom is 0.573 e. The van der Waals surface area contributed by atoms with Crippen molar-refractivity contribution in [2.24, 2.45) is 0 Å². The summed E-state index contributed by atoms with van der Waals surface area (Å²) in [5.74, 6) is 1.08. The van der Waals surface area contributed by atoms with Crippen LogP contribution >= 0.6 is 11.6 Å². The van der Waals surface area contributed by atoms with Crippen LogP contribution in [-0.4, -0.2) is 22.4 Å². The zero-order valence-electron chi connectivity index (χ0n) is 17.8. The van der Waals surface area contributed by atoms with Crippen molar-refractivity contribution in [3.05, 3.63) is 65.3 Å². The summed E-state index contributed by atoms with van der Waals surface area (Å²) in [7, 11) is 0. The smallest absolute Gasteiger partial charge is 0.406 e. The molecule has 0 aliphatic heterocycles. The molecule has 1 aromatic carbocycles. The average molecular weight is 477 g/mol. The van der Waals surface area contributed by atoms with Crippen LogP contribution in [-0.2, 0) is 6.54 Å². The molecule has 2 N–H and O–H groups in total. The van der Waals surface area contributed by atoms with Crippen LogP contribution < -0.4 is 15.4 Å². The molecule has 1 fully saturated rings. The Bertz CT molecular complexity index is 1090. The van der Waals surface area contributed by atoms with Crippen molar-refractivity contribution >= 4 is 23.2 Å². The molecule has 0 saturated heterocycles. The van der Waals surface area contributed by atoms with Gasteiger partial charge >= 0.3 is 6.36 Å². The lowest BCUT2D eigenvalue weighted by molar-refractivity contribution is -0.274. The third-order valence-corrected chi connectivity index (χ3v) is 5.74. The molecule has 1 aliphatic carbocycles. The van der Waals surface area contributed by atoms with Gasteiger partial charge in [-0.15, -0.1) is 13.2 Å². The van der Waals surface area contributed by atoms with Crippen LogP contribution in [0.15, 0.2) is 54.7 Å². The van der Waals surface area contributed by atoms with Crippen LogP contribution in [0.25, 0.3) is 11.3 Å². The Balaban J connectivity index is 1.46. The summed E-state index contributed by atoms with van der Waals surface area (Å²) >= 11 is 6.41. The van der Waals surface area contributed by atoms with E-state index in [4.69, 9.17) is 11.6 Å². The number of hydrogen-bond acceptors (Lipinski definition) is 5. The number of pyridine rings is 2. The minimum atomic E-state index is -4.73. The molecule has 33 heavy (non-hydrogen) atoms. The molecule has 0 unspecified atom stereocenters. The van der Waals surface area contributed by atoms with Crippen LogP contribution in [0.5, 0.6) is 5.75 Å². The van der Waals surface area contributed by atoms with E-state index >= 15 is 0 Å². The predicted molar refractivity (Wildman–Crippen MR) is 123 cm³/mol. The largest absolute Gasteiger partial charge is 0.573 e. The number of nitrogens with zero attached hydrogens (tertiary/aromatic N) is 2. The second-order valence-electron chi connectivity index (χ2n) is 7.99. The first-order chi connectivity index (χ1) is 15.9. The molecule has 1 saturated carbocycles. The van der Waals surface area contributed by atoms with Gasteiger partial charge in [-0.25, -0.2) is 9.97 Å². The lowest BCUT2D eigenvalue weighted by atomic mass is 9.95. The van der Waals surface area contributed by atoms with E-state index in [-0.39, 0.29) is 12.3 Å². The van der Waals surface area contributed by atoms with E-state index < -0.39 is 6.36 Å². The first-order valence-electron chi connectivity index (χ1n) is 10.8. The number of alkyl halides is 3. The fraction of sp³-hybridized carbons (Fsp3) is 0.333. The molecular weight excluding hydrogens is 453 g/mol. The minimum absolute atomic E-state index is 0.259. The molecule has 3 aromatic rings. The van der Waals surface area contributed by atoms with Crippen LogP contribution in [0.2, 0.25) is 5.02 Å². The van der Waals surface area contributed by atoms with E-state index in [2.05, 4.69) is 25.3 Å². The molecule has 0 radical (unpaired) electrons. The molecule has 0 spiro atoms. The van der Waals surface area contributed by atoms with Gasteiger partial charge in [0.05, 0.1) is 10.7 Å². The Morgan fingerprint density at radius 3 is 2.58 bits per heavy atom. The van der Waals surface area contributed by atoms with Gasteiger partial charge in [0.1, 0.15) is 17.4 Å². The number of ether oxygens (including phenoxy) is 1. The van der Waals surface area contributed by atoms with Gasteiger partial charge < -0.3 is 15.4 Å². The molecule has 0 amide bonds. The number of nitrogens with one attached hydrogen (secondary N) is 2. The highest BCUT2D eigenvalue weighted by molar-refractivity contribution is 6.33. The first-order valence-corrected chi connectivity index (χ1v) is 11.2. The Labute approximate surface area is 195 Å². The maximum atomic E-state index is 12.5. The fourth-order valence-corrected chi connectivity index (χ4v) is 4.10. The Morgan fingerprint density at radius 2 is 1.79 bits per heavy atom. The fourth-order valence-electron chi connectivity index (χ4n) is 3.90. The second-order valence-corrected chi connectivity index (χ2v) is 8.39. The summed E-state index contributed by atoms with van der Waals surface area (Å²) in [6.45, 7) is 0.282.